The second-order valence-electron chi connectivity index (χ2n) is 7.21. The highest BCUT2D eigenvalue weighted by Gasteiger charge is 2.13. The number of nitrogens with zero attached hydrogens (tertiary/aromatic N) is 2. The molecule has 0 spiro atoms. The third-order valence-corrected chi connectivity index (χ3v) is 4.38. The lowest BCUT2D eigenvalue weighted by molar-refractivity contribution is 0.0946. The molecule has 0 fully saturated rings. The maximum absolute atomic E-state index is 12.8. The molecule has 0 saturated heterocycles. The molecule has 0 aliphatic heterocycles. The first kappa shape index (κ1) is 19.5. The van der Waals surface area contributed by atoms with Crippen LogP contribution in [0.1, 0.15) is 35.5 Å². The number of hydrogen-bond donors (Lipinski definition) is 2. The molecule has 5 heteroatoms. The van der Waals surface area contributed by atoms with Crippen molar-refractivity contribution in [3.8, 4) is 11.4 Å². The fourth-order valence-corrected chi connectivity index (χ4v) is 2.75. The molecule has 2 aromatic carbocycles. The number of carbonyl (C=O) groups excluding carboxylic acids is 1. The van der Waals surface area contributed by atoms with Gasteiger partial charge in [-0.25, -0.2) is 9.97 Å². The van der Waals surface area contributed by atoms with Crippen LogP contribution in [-0.2, 0) is 6.54 Å². The van der Waals surface area contributed by atoms with Crippen molar-refractivity contribution in [2.45, 2.75) is 27.3 Å². The summed E-state index contributed by atoms with van der Waals surface area (Å²) in [7, 11) is 0. The molecule has 0 saturated carbocycles. The number of hydrogen-bond acceptors (Lipinski definition) is 4. The smallest absolute Gasteiger partial charge is 0.270 e. The zero-order valence-electron chi connectivity index (χ0n) is 16.6. The number of amides is 1. The lowest BCUT2D eigenvalue weighted by Crippen LogP contribution is -2.25. The van der Waals surface area contributed by atoms with Gasteiger partial charge in [-0.3, -0.25) is 4.79 Å². The zero-order valence-corrected chi connectivity index (χ0v) is 16.6. The fraction of sp³-hybridized carbons (Fsp3) is 0.261. The molecule has 0 atom stereocenters. The van der Waals surface area contributed by atoms with Gasteiger partial charge in [-0.1, -0.05) is 68.4 Å². The summed E-state index contributed by atoms with van der Waals surface area (Å²) in [4.78, 5) is 21.9. The van der Waals surface area contributed by atoms with Gasteiger partial charge >= 0.3 is 0 Å². The van der Waals surface area contributed by atoms with Gasteiger partial charge < -0.3 is 10.6 Å². The number of anilines is 1. The van der Waals surface area contributed by atoms with Crippen molar-refractivity contribution in [3.05, 3.63) is 77.5 Å². The Bertz CT molecular complexity index is 938. The molecule has 28 heavy (non-hydrogen) atoms. The molecule has 0 aliphatic rings. The van der Waals surface area contributed by atoms with Crippen molar-refractivity contribution in [3.63, 3.8) is 0 Å². The molecule has 1 aromatic heterocycles. The molecule has 0 aliphatic carbocycles. The van der Waals surface area contributed by atoms with Crippen molar-refractivity contribution in [2.24, 2.45) is 5.92 Å². The predicted octanol–water partition coefficient (Wildman–Crippen LogP) is 4.45. The first-order chi connectivity index (χ1) is 13.5. The van der Waals surface area contributed by atoms with Gasteiger partial charge in [-0.05, 0) is 24.0 Å². The van der Waals surface area contributed by atoms with E-state index in [4.69, 9.17) is 0 Å². The molecule has 0 bridgehead atoms. The first-order valence-corrected chi connectivity index (χ1v) is 9.54. The SMILES string of the molecule is Cc1ccccc1CNC(=O)c1cc(NCC(C)C)nc(-c2ccccc2)n1. The van der Waals surface area contributed by atoms with Crippen LogP contribution in [0.3, 0.4) is 0 Å². The van der Waals surface area contributed by atoms with Gasteiger partial charge in [-0.15, -0.1) is 0 Å². The standard InChI is InChI=1S/C23H26N4O/c1-16(2)14-24-21-13-20(26-22(27-21)18-10-5-4-6-11-18)23(28)25-15-19-12-8-7-9-17(19)3/h4-13,16H,14-15H2,1-3H3,(H,25,28)(H,24,26,27). The molecule has 1 amide bonds. The molecule has 1 heterocycles. The topological polar surface area (TPSA) is 66.9 Å². The molecule has 144 valence electrons. The average Bonchev–Trinajstić information content (AvgIpc) is 2.72. The Balaban J connectivity index is 1.84. The lowest BCUT2D eigenvalue weighted by atomic mass is 10.1. The number of aromatic nitrogens is 2. The van der Waals surface area contributed by atoms with Crippen LogP contribution in [0.15, 0.2) is 60.7 Å². The highest BCUT2D eigenvalue weighted by Crippen LogP contribution is 2.18. The number of nitrogens with one attached hydrogen (secondary N) is 2. The van der Waals surface area contributed by atoms with Crippen LogP contribution in [0.2, 0.25) is 0 Å². The molecule has 0 unspecified atom stereocenters. The second-order valence-corrected chi connectivity index (χ2v) is 7.21. The summed E-state index contributed by atoms with van der Waals surface area (Å²) in [5.74, 6) is 1.45. The summed E-state index contributed by atoms with van der Waals surface area (Å²) in [6.45, 7) is 7.53. The van der Waals surface area contributed by atoms with Gasteiger partial charge in [-0.2, -0.15) is 0 Å². The maximum Gasteiger partial charge on any atom is 0.270 e. The number of rotatable bonds is 7. The Hall–Kier alpha value is -3.21. The Labute approximate surface area is 166 Å². The first-order valence-electron chi connectivity index (χ1n) is 9.54. The largest absolute Gasteiger partial charge is 0.370 e. The summed E-state index contributed by atoms with van der Waals surface area (Å²) in [5.41, 5.74) is 3.47. The molecule has 2 N–H and O–H groups in total. The third-order valence-electron chi connectivity index (χ3n) is 4.38. The van der Waals surface area contributed by atoms with Crippen molar-refractivity contribution < 1.29 is 4.79 Å². The molecule has 3 rings (SSSR count). The van der Waals surface area contributed by atoms with Gasteiger partial charge in [0.1, 0.15) is 11.5 Å². The van der Waals surface area contributed by atoms with E-state index in [1.54, 1.807) is 6.07 Å². The average molecular weight is 374 g/mol. The Morgan fingerprint density at radius 1 is 1.00 bits per heavy atom. The van der Waals surface area contributed by atoms with Crippen LogP contribution < -0.4 is 10.6 Å². The molecular weight excluding hydrogens is 348 g/mol. The third kappa shape index (κ3) is 5.16. The molecular formula is C23H26N4O. The second kappa shape index (κ2) is 9.13. The molecule has 0 radical (unpaired) electrons. The minimum Gasteiger partial charge on any atom is -0.370 e. The van der Waals surface area contributed by atoms with Crippen molar-refractivity contribution in [1.82, 2.24) is 15.3 Å². The van der Waals surface area contributed by atoms with Crippen LogP contribution in [-0.4, -0.2) is 22.4 Å². The van der Waals surface area contributed by atoms with E-state index in [0.717, 1.165) is 23.2 Å². The van der Waals surface area contributed by atoms with Crippen molar-refractivity contribution in [2.75, 3.05) is 11.9 Å². The maximum atomic E-state index is 12.8. The summed E-state index contributed by atoms with van der Waals surface area (Å²) in [6, 6.07) is 19.4. The minimum atomic E-state index is -0.213. The predicted molar refractivity (Wildman–Crippen MR) is 113 cm³/mol. The summed E-state index contributed by atoms with van der Waals surface area (Å²) < 4.78 is 0. The van der Waals surface area contributed by atoms with E-state index in [2.05, 4.69) is 34.4 Å². The molecule has 5 nitrogen and oxygen atoms in total. The quantitative estimate of drug-likeness (QED) is 0.641. The highest BCUT2D eigenvalue weighted by molar-refractivity contribution is 5.93. The van der Waals surface area contributed by atoms with Gasteiger partial charge in [0.15, 0.2) is 5.82 Å². The zero-order chi connectivity index (χ0) is 19.9. The van der Waals surface area contributed by atoms with Crippen LogP contribution in [0.25, 0.3) is 11.4 Å². The minimum absolute atomic E-state index is 0.213. The van der Waals surface area contributed by atoms with Crippen LogP contribution in [0, 0.1) is 12.8 Å². The summed E-state index contributed by atoms with van der Waals surface area (Å²) in [6.07, 6.45) is 0. The van der Waals surface area contributed by atoms with E-state index < -0.39 is 0 Å². The van der Waals surface area contributed by atoms with E-state index in [1.807, 2.05) is 61.5 Å². The Morgan fingerprint density at radius 2 is 1.71 bits per heavy atom. The number of aryl methyl sites for hydroxylation is 1. The van der Waals surface area contributed by atoms with Crippen molar-refractivity contribution >= 4 is 11.7 Å². The van der Waals surface area contributed by atoms with Crippen molar-refractivity contribution in [1.29, 1.82) is 0 Å². The van der Waals surface area contributed by atoms with Crippen LogP contribution in [0.5, 0.6) is 0 Å². The normalized spacial score (nSPS) is 10.7. The Morgan fingerprint density at radius 3 is 2.43 bits per heavy atom. The van der Waals surface area contributed by atoms with Gasteiger partial charge in [0.25, 0.3) is 5.91 Å². The van der Waals surface area contributed by atoms with Crippen LogP contribution >= 0.6 is 0 Å². The van der Waals surface area contributed by atoms with E-state index >= 15 is 0 Å². The number of carbonyl (C=O) groups is 1. The summed E-state index contributed by atoms with van der Waals surface area (Å²) >= 11 is 0. The highest BCUT2D eigenvalue weighted by atomic mass is 16.1. The lowest BCUT2D eigenvalue weighted by Gasteiger charge is -2.12. The van der Waals surface area contributed by atoms with Gasteiger partial charge in [0.2, 0.25) is 0 Å². The van der Waals surface area contributed by atoms with E-state index in [-0.39, 0.29) is 5.91 Å². The van der Waals surface area contributed by atoms with Gasteiger partial charge in [0, 0.05) is 24.7 Å². The monoisotopic (exact) mass is 374 g/mol. The molecule has 3 aromatic rings. The van der Waals surface area contributed by atoms with Crippen LogP contribution in [0.4, 0.5) is 5.82 Å². The number of benzene rings is 2. The Kier molecular flexibility index (Phi) is 6.37. The summed E-state index contributed by atoms with van der Waals surface area (Å²) in [5, 5.41) is 6.27. The fourth-order valence-electron chi connectivity index (χ4n) is 2.75. The van der Waals surface area contributed by atoms with E-state index in [0.29, 0.717) is 29.8 Å². The van der Waals surface area contributed by atoms with Gasteiger partial charge in [0.05, 0.1) is 0 Å². The van der Waals surface area contributed by atoms with E-state index in [9.17, 15) is 4.79 Å². The van der Waals surface area contributed by atoms with E-state index in [1.165, 1.54) is 0 Å².